The number of nitrogens with one attached hydrogen (secondary N) is 2. The monoisotopic (exact) mass is 682 g/mol. The van der Waals surface area contributed by atoms with E-state index in [4.69, 9.17) is 0 Å². The molecule has 2 saturated heterocycles. The highest BCUT2D eigenvalue weighted by Gasteiger charge is 2.40. The number of hydrogen-bond acceptors (Lipinski definition) is 8. The Morgan fingerprint density at radius 2 is 1.67 bits per heavy atom. The number of aromatic nitrogens is 2. The molecule has 12 nitrogen and oxygen atoms in total. The lowest BCUT2D eigenvalue weighted by atomic mass is 10.0. The number of carbonyl (C=O) groups is 5. The average molecular weight is 683 g/mol. The Bertz CT molecular complexity index is 2090. The number of nitrogens with zero attached hydrogens (tertiary/aromatic N) is 4. The zero-order valence-corrected chi connectivity index (χ0v) is 27.1. The molecule has 3 aromatic carbocycles. The molecule has 1 atom stereocenters. The van der Waals surface area contributed by atoms with Crippen LogP contribution in [0.5, 0.6) is 0 Å². The summed E-state index contributed by atoms with van der Waals surface area (Å²) >= 11 is 1.31. The van der Waals surface area contributed by atoms with Crippen LogP contribution in [0.25, 0.3) is 10.8 Å². The molecule has 250 valence electrons. The van der Waals surface area contributed by atoms with Gasteiger partial charge in [0.2, 0.25) is 17.7 Å². The predicted molar refractivity (Wildman–Crippen MR) is 177 cm³/mol. The maximum Gasteiger partial charge on any atom is 0.272 e. The molecule has 4 heterocycles. The number of benzene rings is 3. The Balaban J connectivity index is 0.959. The van der Waals surface area contributed by atoms with Crippen molar-refractivity contribution in [2.75, 3.05) is 31.9 Å². The Hall–Kier alpha value is -5.37. The zero-order valence-electron chi connectivity index (χ0n) is 26.2. The minimum atomic E-state index is -0.722. The number of fused-ring (bicyclic) bond motifs is 2. The van der Waals surface area contributed by atoms with Crippen LogP contribution < -0.4 is 10.9 Å². The number of halogens is 1. The van der Waals surface area contributed by atoms with Crippen LogP contribution in [0.4, 0.5) is 4.39 Å². The molecule has 7 rings (SSSR count). The molecule has 3 aliphatic rings. The molecule has 0 aliphatic carbocycles. The third-order valence-corrected chi connectivity index (χ3v) is 10.3. The van der Waals surface area contributed by atoms with Crippen LogP contribution in [-0.2, 0) is 27.3 Å². The van der Waals surface area contributed by atoms with Crippen molar-refractivity contribution in [3.8, 4) is 0 Å². The fraction of sp³-hybridized carbons (Fsp3) is 0.286. The van der Waals surface area contributed by atoms with Crippen molar-refractivity contribution in [1.82, 2.24) is 30.2 Å². The van der Waals surface area contributed by atoms with Gasteiger partial charge in [-0.3, -0.25) is 34.1 Å². The van der Waals surface area contributed by atoms with Gasteiger partial charge in [-0.2, -0.15) is 5.10 Å². The summed E-state index contributed by atoms with van der Waals surface area (Å²) in [6.07, 6.45) is 0.718. The Labute approximate surface area is 283 Å². The maximum atomic E-state index is 14.9. The summed E-state index contributed by atoms with van der Waals surface area (Å²) < 4.78 is 14.9. The van der Waals surface area contributed by atoms with Gasteiger partial charge >= 0.3 is 0 Å². The molecule has 49 heavy (non-hydrogen) atoms. The predicted octanol–water partition coefficient (Wildman–Crippen LogP) is 2.49. The molecule has 0 radical (unpaired) electrons. The van der Waals surface area contributed by atoms with E-state index < -0.39 is 23.7 Å². The Morgan fingerprint density at radius 3 is 2.45 bits per heavy atom. The van der Waals surface area contributed by atoms with Crippen LogP contribution in [0.3, 0.4) is 0 Å². The molecular weight excluding hydrogens is 651 g/mol. The normalized spacial score (nSPS) is 17.8. The second kappa shape index (κ2) is 13.3. The fourth-order valence-corrected chi connectivity index (χ4v) is 7.58. The minimum Gasteiger partial charge on any atom is -0.338 e. The number of aromatic amines is 1. The first kappa shape index (κ1) is 32.2. The van der Waals surface area contributed by atoms with Gasteiger partial charge in [0.25, 0.3) is 17.4 Å². The van der Waals surface area contributed by atoms with Crippen molar-refractivity contribution in [3.05, 3.63) is 105 Å². The fourth-order valence-electron chi connectivity index (χ4n) is 6.60. The number of hydrogen-bond donors (Lipinski definition) is 2. The highest BCUT2D eigenvalue weighted by molar-refractivity contribution is 8.00. The summed E-state index contributed by atoms with van der Waals surface area (Å²) in [6, 6.07) is 16.0. The topological polar surface area (TPSA) is 153 Å². The van der Waals surface area contributed by atoms with E-state index in [2.05, 4.69) is 15.5 Å². The van der Waals surface area contributed by atoms with Crippen LogP contribution in [0.1, 0.15) is 50.4 Å². The summed E-state index contributed by atoms with van der Waals surface area (Å²) in [6.45, 7) is 1.26. The van der Waals surface area contributed by atoms with Gasteiger partial charge in [0.05, 0.1) is 22.4 Å². The molecule has 0 bridgehead atoms. The lowest BCUT2D eigenvalue weighted by Crippen LogP contribution is -2.52. The summed E-state index contributed by atoms with van der Waals surface area (Å²) in [5.41, 5.74) is 2.12. The molecule has 0 saturated carbocycles. The number of amides is 5. The lowest BCUT2D eigenvalue weighted by Gasteiger charge is -2.35. The van der Waals surface area contributed by atoms with E-state index in [-0.39, 0.29) is 86.6 Å². The van der Waals surface area contributed by atoms with Crippen LogP contribution in [-0.4, -0.2) is 92.4 Å². The molecule has 1 aromatic heterocycles. The lowest BCUT2D eigenvalue weighted by molar-refractivity contribution is -0.137. The molecule has 14 heteroatoms. The number of carbonyl (C=O) groups excluding carboxylic acids is 5. The van der Waals surface area contributed by atoms with Crippen molar-refractivity contribution in [2.24, 2.45) is 0 Å². The van der Waals surface area contributed by atoms with Crippen molar-refractivity contribution < 1.29 is 28.4 Å². The standard InChI is InChI=1S/C35H31FN6O6S/c36-26-9-8-20(17-27-21-4-1-2-5-22(21)32(45)39-38-27)16-24(26)34(47)41-14-12-40(13-15-41)31(44)19-49-29-7-3-6-23-25(29)18-42(35(23)48)28-10-11-30(43)37-33(28)46/h1-9,16,28H,10-15,17-19H2,(H,39,45)(H,37,43,46). The number of piperidine rings is 1. The molecular formula is C35H31FN6O6S. The number of thioether (sulfide) groups is 1. The van der Waals surface area contributed by atoms with Crippen LogP contribution in [0.2, 0.25) is 0 Å². The Kier molecular flexibility index (Phi) is 8.71. The first-order chi connectivity index (χ1) is 23.7. The maximum absolute atomic E-state index is 14.9. The van der Waals surface area contributed by atoms with Gasteiger partial charge in [0.1, 0.15) is 11.9 Å². The third-order valence-electron chi connectivity index (χ3n) is 9.22. The molecule has 4 aromatic rings. The van der Waals surface area contributed by atoms with Crippen LogP contribution >= 0.6 is 11.8 Å². The molecule has 2 N–H and O–H groups in total. The number of rotatable bonds is 7. The molecule has 0 spiro atoms. The smallest absolute Gasteiger partial charge is 0.272 e. The van der Waals surface area contributed by atoms with Gasteiger partial charge in [0.15, 0.2) is 0 Å². The quantitative estimate of drug-likeness (QED) is 0.223. The van der Waals surface area contributed by atoms with Gasteiger partial charge in [-0.15, -0.1) is 11.8 Å². The van der Waals surface area contributed by atoms with Crippen molar-refractivity contribution >= 4 is 52.1 Å². The highest BCUT2D eigenvalue weighted by Crippen LogP contribution is 2.34. The molecule has 5 amide bonds. The van der Waals surface area contributed by atoms with Gasteiger partial charge in [0, 0.05) is 61.4 Å². The van der Waals surface area contributed by atoms with Gasteiger partial charge < -0.3 is 14.7 Å². The van der Waals surface area contributed by atoms with E-state index in [9.17, 15) is 33.2 Å². The van der Waals surface area contributed by atoms with E-state index >= 15 is 0 Å². The Morgan fingerprint density at radius 1 is 0.918 bits per heavy atom. The summed E-state index contributed by atoms with van der Waals surface area (Å²) in [7, 11) is 0. The van der Waals surface area contributed by atoms with Gasteiger partial charge in [-0.05, 0) is 47.9 Å². The van der Waals surface area contributed by atoms with Crippen LogP contribution in [0.15, 0.2) is 70.4 Å². The molecule has 3 aliphatic heterocycles. The second-order valence-corrected chi connectivity index (χ2v) is 13.2. The first-order valence-corrected chi connectivity index (χ1v) is 16.9. The largest absolute Gasteiger partial charge is 0.338 e. The number of imide groups is 1. The first-order valence-electron chi connectivity index (χ1n) is 15.9. The summed E-state index contributed by atoms with van der Waals surface area (Å²) in [5.74, 6) is -2.23. The molecule has 1 unspecified atom stereocenters. The van der Waals surface area contributed by atoms with E-state index in [0.717, 1.165) is 10.5 Å². The van der Waals surface area contributed by atoms with Gasteiger partial charge in [-0.25, -0.2) is 9.49 Å². The van der Waals surface area contributed by atoms with Crippen LogP contribution in [0, 0.1) is 5.82 Å². The van der Waals surface area contributed by atoms with Gasteiger partial charge in [-0.1, -0.05) is 30.3 Å². The average Bonchev–Trinajstić information content (AvgIpc) is 3.45. The van der Waals surface area contributed by atoms with Crippen molar-refractivity contribution in [2.45, 2.75) is 36.7 Å². The summed E-state index contributed by atoms with van der Waals surface area (Å²) in [4.78, 5) is 81.4. The van der Waals surface area contributed by atoms with Crippen molar-refractivity contribution in [3.63, 3.8) is 0 Å². The third kappa shape index (κ3) is 6.31. The minimum absolute atomic E-state index is 0.0691. The SMILES string of the molecule is O=C1CCC(N2Cc3c(SCC(=O)N4CCN(C(=O)c5cc(Cc6n[nH]c(=O)c7ccccc67)ccc5F)CC4)cccc3C2=O)C(=O)N1. The van der Waals surface area contributed by atoms with E-state index in [0.29, 0.717) is 27.6 Å². The second-order valence-electron chi connectivity index (χ2n) is 12.2. The van der Waals surface area contributed by atoms with E-state index in [1.807, 2.05) is 12.1 Å². The van der Waals surface area contributed by atoms with E-state index in [1.165, 1.54) is 33.7 Å². The van der Waals surface area contributed by atoms with Crippen molar-refractivity contribution in [1.29, 1.82) is 0 Å². The number of H-pyrrole nitrogens is 1. The zero-order chi connectivity index (χ0) is 34.2. The number of piperazine rings is 1. The highest BCUT2D eigenvalue weighted by atomic mass is 32.2. The summed E-state index contributed by atoms with van der Waals surface area (Å²) in [5, 5.41) is 10.2. The van der Waals surface area contributed by atoms with E-state index in [1.54, 1.807) is 41.3 Å². The molecule has 2 fully saturated rings.